The van der Waals surface area contributed by atoms with Crippen molar-refractivity contribution in [1.82, 2.24) is 14.3 Å². The summed E-state index contributed by atoms with van der Waals surface area (Å²) in [6.45, 7) is 1.58. The zero-order valence-electron chi connectivity index (χ0n) is 18.8. The number of aromatic amines is 1. The predicted molar refractivity (Wildman–Crippen MR) is 129 cm³/mol. The molecule has 0 saturated heterocycles. The highest BCUT2D eigenvalue weighted by molar-refractivity contribution is 7.89. The number of nitrogens with one attached hydrogen (secondary N) is 2. The first-order chi connectivity index (χ1) is 16.5. The molecule has 0 radical (unpaired) electrons. The largest absolute Gasteiger partial charge is 0.366 e. The normalized spacial score (nSPS) is 11.5. The van der Waals surface area contributed by atoms with E-state index < -0.39 is 33.2 Å². The van der Waals surface area contributed by atoms with E-state index in [1.807, 2.05) is 11.6 Å². The summed E-state index contributed by atoms with van der Waals surface area (Å²) < 4.78 is 42.0. The van der Waals surface area contributed by atoms with Gasteiger partial charge in [0.05, 0.1) is 12.8 Å². The van der Waals surface area contributed by atoms with Gasteiger partial charge in [0.25, 0.3) is 11.5 Å². The molecule has 0 spiro atoms. The first-order valence-corrected chi connectivity index (χ1v) is 12.3. The minimum atomic E-state index is -3.98. The van der Waals surface area contributed by atoms with Crippen molar-refractivity contribution in [3.63, 3.8) is 0 Å². The fourth-order valence-electron chi connectivity index (χ4n) is 4.00. The van der Waals surface area contributed by atoms with E-state index in [9.17, 15) is 27.2 Å². The van der Waals surface area contributed by atoms with Crippen LogP contribution in [0.25, 0.3) is 22.0 Å². The highest BCUT2D eigenvalue weighted by atomic mass is 32.2. The van der Waals surface area contributed by atoms with Gasteiger partial charge >= 0.3 is 0 Å². The molecule has 9 nitrogen and oxygen atoms in total. The minimum absolute atomic E-state index is 0.0423. The Balaban J connectivity index is 2.09. The third-order valence-electron chi connectivity index (χ3n) is 5.46. The number of sulfonamides is 1. The van der Waals surface area contributed by atoms with E-state index in [0.29, 0.717) is 10.9 Å². The second-order valence-electron chi connectivity index (χ2n) is 8.12. The van der Waals surface area contributed by atoms with Gasteiger partial charge in [-0.15, -0.1) is 0 Å². The number of hydrogen-bond donors (Lipinski definition) is 3. The molecule has 0 bridgehead atoms. The van der Waals surface area contributed by atoms with Gasteiger partial charge in [0.1, 0.15) is 11.5 Å². The molecule has 180 valence electrons. The zero-order valence-corrected chi connectivity index (χ0v) is 19.6. The number of benzene rings is 2. The van der Waals surface area contributed by atoms with Crippen LogP contribution < -0.4 is 16.0 Å². The van der Waals surface area contributed by atoms with E-state index >= 15 is 0 Å². The van der Waals surface area contributed by atoms with Gasteiger partial charge in [0.15, 0.2) is 0 Å². The van der Waals surface area contributed by atoms with Crippen molar-refractivity contribution >= 4 is 32.7 Å². The number of H-pyrrole nitrogens is 1. The van der Waals surface area contributed by atoms with Gasteiger partial charge in [-0.3, -0.25) is 14.4 Å². The number of amides is 2. The Bertz CT molecular complexity index is 1670. The average Bonchev–Trinajstić information content (AvgIpc) is 3.07. The maximum absolute atomic E-state index is 14.8. The standard InChI is InChI=1S/C24H21FN4O5S/c1-13-5-8-19-17(10-13)20(16-4-3-9-27-23(16)31)21(24(32)28-35(2,33)34)29(19)12-15-11-14(22(26)30)6-7-18(15)25/h3-11H,12H2,1-2H3,(H2,26,30)(H,27,31)(H,28,32). The maximum atomic E-state index is 14.8. The first-order valence-electron chi connectivity index (χ1n) is 10.4. The van der Waals surface area contributed by atoms with E-state index in [1.165, 1.54) is 29.0 Å². The zero-order chi connectivity index (χ0) is 25.5. The second kappa shape index (κ2) is 8.84. The van der Waals surface area contributed by atoms with Crippen molar-refractivity contribution in [1.29, 1.82) is 0 Å². The third kappa shape index (κ3) is 4.71. The summed E-state index contributed by atoms with van der Waals surface area (Å²) in [5, 5.41) is 0.492. The van der Waals surface area contributed by atoms with Crippen LogP contribution in [0.4, 0.5) is 4.39 Å². The van der Waals surface area contributed by atoms with Crippen LogP contribution in [0.2, 0.25) is 0 Å². The van der Waals surface area contributed by atoms with Gasteiger partial charge in [-0.1, -0.05) is 11.6 Å². The SMILES string of the molecule is Cc1ccc2c(c1)c(-c1ccc[nH]c1=O)c(C(=O)NS(C)(=O)=O)n2Cc1cc(C(N)=O)ccc1F. The number of nitrogens with zero attached hydrogens (tertiary/aromatic N) is 1. The van der Waals surface area contributed by atoms with Crippen molar-refractivity contribution in [2.75, 3.05) is 6.26 Å². The smallest absolute Gasteiger partial charge is 0.282 e. The van der Waals surface area contributed by atoms with E-state index in [2.05, 4.69) is 4.98 Å². The molecular weight excluding hydrogens is 475 g/mol. The number of aromatic nitrogens is 2. The predicted octanol–water partition coefficient (Wildman–Crippen LogP) is 2.28. The highest BCUT2D eigenvalue weighted by Gasteiger charge is 2.27. The lowest BCUT2D eigenvalue weighted by molar-refractivity contribution is 0.0971. The first kappa shape index (κ1) is 23.9. The Morgan fingerprint density at radius 2 is 1.89 bits per heavy atom. The van der Waals surface area contributed by atoms with E-state index in [0.717, 1.165) is 17.9 Å². The van der Waals surface area contributed by atoms with Crippen LogP contribution in [0.5, 0.6) is 0 Å². The van der Waals surface area contributed by atoms with Gasteiger partial charge < -0.3 is 15.3 Å². The molecule has 2 amide bonds. The number of primary amides is 1. The fourth-order valence-corrected chi connectivity index (χ4v) is 4.43. The summed E-state index contributed by atoms with van der Waals surface area (Å²) in [5.74, 6) is -2.41. The number of fused-ring (bicyclic) bond motifs is 1. The lowest BCUT2D eigenvalue weighted by Crippen LogP contribution is -2.32. The van der Waals surface area contributed by atoms with Gasteiger partial charge in [0.2, 0.25) is 15.9 Å². The van der Waals surface area contributed by atoms with Crippen LogP contribution in [0.3, 0.4) is 0 Å². The van der Waals surface area contributed by atoms with Gasteiger partial charge in [0, 0.05) is 39.4 Å². The Kier molecular flexibility index (Phi) is 6.03. The quantitative estimate of drug-likeness (QED) is 0.375. The van der Waals surface area contributed by atoms with Gasteiger partial charge in [-0.05, 0) is 49.4 Å². The number of rotatable bonds is 6. The number of pyridine rings is 1. The number of carbonyl (C=O) groups is 2. The Labute approximate surface area is 199 Å². The lowest BCUT2D eigenvalue weighted by atomic mass is 10.0. The molecule has 0 aliphatic rings. The Morgan fingerprint density at radius 3 is 2.54 bits per heavy atom. The van der Waals surface area contributed by atoms with Crippen molar-refractivity contribution in [2.45, 2.75) is 13.5 Å². The van der Waals surface area contributed by atoms with E-state index in [4.69, 9.17) is 5.73 Å². The molecule has 2 aromatic heterocycles. The van der Waals surface area contributed by atoms with Crippen LogP contribution in [-0.2, 0) is 16.6 Å². The molecule has 0 saturated carbocycles. The summed E-state index contributed by atoms with van der Waals surface area (Å²) in [5.41, 5.74) is 6.39. The average molecular weight is 497 g/mol. The van der Waals surface area contributed by atoms with E-state index in [1.54, 1.807) is 24.3 Å². The third-order valence-corrected chi connectivity index (χ3v) is 6.01. The lowest BCUT2D eigenvalue weighted by Gasteiger charge is -2.13. The van der Waals surface area contributed by atoms with Crippen molar-refractivity contribution < 1.29 is 22.4 Å². The number of nitrogens with two attached hydrogens (primary N) is 1. The van der Waals surface area contributed by atoms with Crippen LogP contribution in [0.1, 0.15) is 32.0 Å². The molecule has 0 aliphatic carbocycles. The molecule has 4 aromatic rings. The molecule has 4 N–H and O–H groups in total. The molecular formula is C24H21FN4O5S. The van der Waals surface area contributed by atoms with Crippen LogP contribution in [0.15, 0.2) is 59.5 Å². The minimum Gasteiger partial charge on any atom is -0.366 e. The van der Waals surface area contributed by atoms with Crippen molar-refractivity contribution in [3.8, 4) is 11.1 Å². The number of aryl methyl sites for hydroxylation is 1. The maximum Gasteiger partial charge on any atom is 0.282 e. The highest BCUT2D eigenvalue weighted by Crippen LogP contribution is 2.35. The summed E-state index contributed by atoms with van der Waals surface area (Å²) in [4.78, 5) is 40.2. The summed E-state index contributed by atoms with van der Waals surface area (Å²) in [7, 11) is -3.98. The molecule has 2 heterocycles. The van der Waals surface area contributed by atoms with Crippen molar-refractivity contribution in [2.24, 2.45) is 5.73 Å². The molecule has 11 heteroatoms. The van der Waals surface area contributed by atoms with E-state index in [-0.39, 0.29) is 34.5 Å². The van der Waals surface area contributed by atoms with Crippen molar-refractivity contribution in [3.05, 3.63) is 93.3 Å². The number of carbonyl (C=O) groups excluding carboxylic acids is 2. The van der Waals surface area contributed by atoms with Crippen LogP contribution in [-0.4, -0.2) is 36.0 Å². The molecule has 0 atom stereocenters. The second-order valence-corrected chi connectivity index (χ2v) is 9.87. The van der Waals surface area contributed by atoms with Crippen LogP contribution in [0, 0.1) is 12.7 Å². The molecule has 2 aromatic carbocycles. The topological polar surface area (TPSA) is 144 Å². The molecule has 0 aliphatic heterocycles. The monoisotopic (exact) mass is 496 g/mol. The molecule has 0 unspecified atom stereocenters. The van der Waals surface area contributed by atoms with Crippen LogP contribution >= 0.6 is 0 Å². The number of hydrogen-bond acceptors (Lipinski definition) is 5. The molecule has 0 fully saturated rings. The number of halogens is 1. The van der Waals surface area contributed by atoms with Gasteiger partial charge in [-0.25, -0.2) is 17.5 Å². The Hall–Kier alpha value is -4.25. The molecule has 4 rings (SSSR count). The summed E-state index contributed by atoms with van der Waals surface area (Å²) in [6.07, 6.45) is 2.25. The summed E-state index contributed by atoms with van der Waals surface area (Å²) >= 11 is 0. The van der Waals surface area contributed by atoms with Gasteiger partial charge in [-0.2, -0.15) is 0 Å². The Morgan fingerprint density at radius 1 is 1.14 bits per heavy atom. The fraction of sp³-hybridized carbons (Fsp3) is 0.125. The molecule has 35 heavy (non-hydrogen) atoms. The summed E-state index contributed by atoms with van der Waals surface area (Å²) in [6, 6.07) is 11.9.